The second kappa shape index (κ2) is 6.11. The molecule has 0 atom stereocenters. The summed E-state index contributed by atoms with van der Waals surface area (Å²) in [6, 6.07) is 5.29. The molecule has 0 saturated heterocycles. The Kier molecular flexibility index (Phi) is 4.71. The van der Waals surface area contributed by atoms with Crippen LogP contribution in [-0.4, -0.2) is 29.8 Å². The quantitative estimate of drug-likeness (QED) is 0.776. The van der Waals surface area contributed by atoms with Gasteiger partial charge in [-0.15, -0.1) is 0 Å². The molecule has 2 rings (SSSR count). The van der Waals surface area contributed by atoms with E-state index in [1.165, 1.54) is 0 Å². The molecule has 0 aliphatic heterocycles. The zero-order valence-corrected chi connectivity index (χ0v) is 12.6. The Morgan fingerprint density at radius 2 is 2.26 bits per heavy atom. The lowest BCUT2D eigenvalue weighted by Gasteiger charge is -2.38. The van der Waals surface area contributed by atoms with Crippen LogP contribution in [0.15, 0.2) is 22.7 Å². The standard InChI is InChI=1S/C13H15BrClNO3/c14-10-8-9(15)2-3-11(10)19-7-6-16-13(12(17)18)4-1-5-13/h2-3,8,16H,1,4-7H2,(H,17,18). The Morgan fingerprint density at radius 3 is 2.79 bits per heavy atom. The van der Waals surface area contributed by atoms with Crippen LogP contribution in [0.5, 0.6) is 5.75 Å². The molecule has 1 aromatic carbocycles. The Labute approximate surface area is 125 Å². The van der Waals surface area contributed by atoms with Crippen molar-refractivity contribution in [3.8, 4) is 5.75 Å². The molecule has 4 nitrogen and oxygen atoms in total. The van der Waals surface area contributed by atoms with E-state index in [1.54, 1.807) is 18.2 Å². The van der Waals surface area contributed by atoms with E-state index in [2.05, 4.69) is 21.2 Å². The van der Waals surface area contributed by atoms with Crippen molar-refractivity contribution in [2.24, 2.45) is 0 Å². The second-order valence-electron chi connectivity index (χ2n) is 4.59. The molecule has 1 saturated carbocycles. The molecule has 19 heavy (non-hydrogen) atoms. The molecule has 6 heteroatoms. The van der Waals surface area contributed by atoms with Crippen LogP contribution in [0.3, 0.4) is 0 Å². The summed E-state index contributed by atoms with van der Waals surface area (Å²) in [6.07, 6.45) is 2.34. The fourth-order valence-electron chi connectivity index (χ4n) is 2.04. The van der Waals surface area contributed by atoms with Crippen molar-refractivity contribution in [3.05, 3.63) is 27.7 Å². The summed E-state index contributed by atoms with van der Waals surface area (Å²) in [7, 11) is 0. The molecule has 0 amide bonds. The zero-order chi connectivity index (χ0) is 13.9. The molecule has 1 aliphatic carbocycles. The minimum Gasteiger partial charge on any atom is -0.491 e. The maximum atomic E-state index is 11.1. The van der Waals surface area contributed by atoms with E-state index in [4.69, 9.17) is 21.4 Å². The van der Waals surface area contributed by atoms with Gasteiger partial charge < -0.3 is 9.84 Å². The second-order valence-corrected chi connectivity index (χ2v) is 5.88. The number of halogens is 2. The van der Waals surface area contributed by atoms with Gasteiger partial charge in [0, 0.05) is 11.6 Å². The van der Waals surface area contributed by atoms with Crippen LogP contribution in [0.4, 0.5) is 0 Å². The summed E-state index contributed by atoms with van der Waals surface area (Å²) in [5.41, 5.74) is -0.736. The summed E-state index contributed by atoms with van der Waals surface area (Å²) in [4.78, 5) is 11.1. The number of carboxylic acids is 1. The van der Waals surface area contributed by atoms with Crippen LogP contribution in [0.2, 0.25) is 5.02 Å². The van der Waals surface area contributed by atoms with Gasteiger partial charge in [-0.2, -0.15) is 0 Å². The van der Waals surface area contributed by atoms with Crippen molar-refractivity contribution in [1.29, 1.82) is 0 Å². The first-order valence-electron chi connectivity index (χ1n) is 6.10. The fourth-order valence-corrected chi connectivity index (χ4v) is 2.84. The number of hydrogen-bond donors (Lipinski definition) is 2. The molecule has 0 heterocycles. The molecule has 1 aromatic rings. The number of benzene rings is 1. The topological polar surface area (TPSA) is 58.6 Å². The van der Waals surface area contributed by atoms with Gasteiger partial charge in [-0.05, 0) is 53.4 Å². The normalized spacial score (nSPS) is 16.7. The monoisotopic (exact) mass is 347 g/mol. The highest BCUT2D eigenvalue weighted by Gasteiger charge is 2.43. The molecule has 0 spiro atoms. The first-order chi connectivity index (χ1) is 9.03. The van der Waals surface area contributed by atoms with Crippen LogP contribution in [0.1, 0.15) is 19.3 Å². The average molecular weight is 349 g/mol. The Morgan fingerprint density at radius 1 is 1.53 bits per heavy atom. The largest absolute Gasteiger partial charge is 0.491 e. The first kappa shape index (κ1) is 14.6. The van der Waals surface area contributed by atoms with Gasteiger partial charge in [0.1, 0.15) is 17.9 Å². The van der Waals surface area contributed by atoms with Gasteiger partial charge in [0.2, 0.25) is 0 Å². The Bertz CT molecular complexity index is 477. The van der Waals surface area contributed by atoms with Crippen molar-refractivity contribution >= 4 is 33.5 Å². The van der Waals surface area contributed by atoms with Gasteiger partial charge in [-0.25, -0.2) is 0 Å². The van der Waals surface area contributed by atoms with E-state index in [-0.39, 0.29) is 0 Å². The van der Waals surface area contributed by atoms with E-state index in [0.717, 1.165) is 10.9 Å². The minimum atomic E-state index is -0.772. The van der Waals surface area contributed by atoms with Crippen molar-refractivity contribution in [1.82, 2.24) is 5.32 Å². The van der Waals surface area contributed by atoms with E-state index < -0.39 is 11.5 Å². The summed E-state index contributed by atoms with van der Waals surface area (Å²) in [5, 5.41) is 12.9. The number of carboxylic acid groups (broad SMARTS) is 1. The maximum Gasteiger partial charge on any atom is 0.323 e. The number of nitrogens with one attached hydrogen (secondary N) is 1. The highest BCUT2D eigenvalue weighted by Crippen LogP contribution is 2.32. The molecule has 0 bridgehead atoms. The molecule has 0 aromatic heterocycles. The Hall–Kier alpha value is -0.780. The van der Waals surface area contributed by atoms with Crippen LogP contribution in [-0.2, 0) is 4.79 Å². The van der Waals surface area contributed by atoms with Crippen molar-refractivity contribution < 1.29 is 14.6 Å². The van der Waals surface area contributed by atoms with E-state index in [1.807, 2.05) is 0 Å². The molecule has 104 valence electrons. The molecule has 0 unspecified atom stereocenters. The van der Waals surface area contributed by atoms with Gasteiger partial charge in [0.15, 0.2) is 0 Å². The molecular weight excluding hydrogens is 334 g/mol. The van der Waals surface area contributed by atoms with Crippen LogP contribution >= 0.6 is 27.5 Å². The average Bonchev–Trinajstić information content (AvgIpc) is 2.28. The summed E-state index contributed by atoms with van der Waals surface area (Å²) < 4.78 is 6.36. The van der Waals surface area contributed by atoms with E-state index in [0.29, 0.717) is 36.8 Å². The number of rotatable bonds is 6. The number of ether oxygens (including phenoxy) is 1. The van der Waals surface area contributed by atoms with Crippen LogP contribution in [0, 0.1) is 0 Å². The predicted molar refractivity (Wildman–Crippen MR) is 76.9 cm³/mol. The first-order valence-corrected chi connectivity index (χ1v) is 7.27. The molecule has 1 fully saturated rings. The van der Waals surface area contributed by atoms with Crippen LogP contribution < -0.4 is 10.1 Å². The molecule has 0 radical (unpaired) electrons. The third kappa shape index (κ3) is 3.41. The highest BCUT2D eigenvalue weighted by molar-refractivity contribution is 9.10. The maximum absolute atomic E-state index is 11.1. The highest BCUT2D eigenvalue weighted by atomic mass is 79.9. The molecular formula is C13H15BrClNO3. The lowest BCUT2D eigenvalue weighted by Crippen LogP contribution is -2.57. The Balaban J connectivity index is 1.79. The van der Waals surface area contributed by atoms with Crippen molar-refractivity contribution in [2.75, 3.05) is 13.2 Å². The van der Waals surface area contributed by atoms with Gasteiger partial charge in [0.05, 0.1) is 4.47 Å². The fraction of sp³-hybridized carbons (Fsp3) is 0.462. The van der Waals surface area contributed by atoms with Crippen molar-refractivity contribution in [2.45, 2.75) is 24.8 Å². The van der Waals surface area contributed by atoms with Gasteiger partial charge in [-0.1, -0.05) is 11.6 Å². The molecule has 1 aliphatic rings. The van der Waals surface area contributed by atoms with E-state index in [9.17, 15) is 4.79 Å². The third-order valence-corrected chi connectivity index (χ3v) is 4.19. The lowest BCUT2D eigenvalue weighted by molar-refractivity contribution is -0.148. The van der Waals surface area contributed by atoms with Gasteiger partial charge in [-0.3, -0.25) is 10.1 Å². The number of hydrogen-bond acceptors (Lipinski definition) is 3. The zero-order valence-electron chi connectivity index (χ0n) is 10.3. The minimum absolute atomic E-state index is 0.412. The SMILES string of the molecule is O=C(O)C1(NCCOc2ccc(Cl)cc2Br)CCC1. The van der Waals surface area contributed by atoms with Crippen molar-refractivity contribution in [3.63, 3.8) is 0 Å². The smallest absolute Gasteiger partial charge is 0.323 e. The molecule has 2 N–H and O–H groups in total. The van der Waals surface area contributed by atoms with Gasteiger partial charge >= 0.3 is 5.97 Å². The summed E-state index contributed by atoms with van der Waals surface area (Å²) in [6.45, 7) is 0.913. The summed E-state index contributed by atoms with van der Waals surface area (Å²) >= 11 is 9.20. The number of carbonyl (C=O) groups is 1. The predicted octanol–water partition coefficient (Wildman–Crippen LogP) is 3.08. The number of aliphatic carboxylic acids is 1. The summed E-state index contributed by atoms with van der Waals surface area (Å²) in [5.74, 6) is -0.0735. The van der Waals surface area contributed by atoms with Gasteiger partial charge in [0.25, 0.3) is 0 Å². The van der Waals surface area contributed by atoms with E-state index >= 15 is 0 Å². The third-order valence-electron chi connectivity index (χ3n) is 3.33. The van der Waals surface area contributed by atoms with Crippen LogP contribution in [0.25, 0.3) is 0 Å². The lowest BCUT2D eigenvalue weighted by atomic mass is 9.77.